The summed E-state index contributed by atoms with van der Waals surface area (Å²) in [5, 5.41) is 5.19. The SMILES string of the molecule is CC[C@@H](C)Nc1nc(Nc2ccc(OC)c(C(F)(F)F)c2)cc(C(F)(F)F)n1. The number of anilines is 3. The summed E-state index contributed by atoms with van der Waals surface area (Å²) in [7, 11) is 1.09. The summed E-state index contributed by atoms with van der Waals surface area (Å²) in [6.45, 7) is 3.55. The largest absolute Gasteiger partial charge is 0.496 e. The monoisotopic (exact) mass is 408 g/mol. The zero-order chi connectivity index (χ0) is 21.1. The third-order valence-corrected chi connectivity index (χ3v) is 3.78. The summed E-state index contributed by atoms with van der Waals surface area (Å²) in [4.78, 5) is 7.35. The first-order valence-corrected chi connectivity index (χ1v) is 8.19. The molecule has 0 saturated carbocycles. The van der Waals surface area contributed by atoms with Gasteiger partial charge in [0.05, 0.1) is 12.7 Å². The van der Waals surface area contributed by atoms with E-state index in [1.165, 1.54) is 6.07 Å². The molecular formula is C17H18F6N4O. The van der Waals surface area contributed by atoms with Gasteiger partial charge in [-0.15, -0.1) is 0 Å². The number of ether oxygens (including phenoxy) is 1. The summed E-state index contributed by atoms with van der Waals surface area (Å²) in [5.74, 6) is -0.988. The van der Waals surface area contributed by atoms with Gasteiger partial charge in [-0.25, -0.2) is 4.98 Å². The van der Waals surface area contributed by atoms with Crippen molar-refractivity contribution in [1.82, 2.24) is 9.97 Å². The standard InChI is InChI=1S/C17H18F6N4O/c1-4-9(2)24-15-26-13(17(21,22)23)8-14(27-15)25-10-5-6-12(28-3)11(7-10)16(18,19)20/h5-9H,4H2,1-3H3,(H2,24,25,26,27)/t9-/m1/s1. The summed E-state index contributed by atoms with van der Waals surface area (Å²) >= 11 is 0. The van der Waals surface area contributed by atoms with Gasteiger partial charge in [0.1, 0.15) is 11.6 Å². The van der Waals surface area contributed by atoms with Crippen LogP contribution in [-0.2, 0) is 12.4 Å². The van der Waals surface area contributed by atoms with E-state index in [4.69, 9.17) is 0 Å². The fourth-order valence-electron chi connectivity index (χ4n) is 2.20. The number of nitrogens with one attached hydrogen (secondary N) is 2. The number of hydrogen-bond donors (Lipinski definition) is 2. The lowest BCUT2D eigenvalue weighted by atomic mass is 10.1. The molecule has 154 valence electrons. The van der Waals surface area contributed by atoms with Crippen LogP contribution in [0.3, 0.4) is 0 Å². The second-order valence-corrected chi connectivity index (χ2v) is 5.95. The normalized spacial score (nSPS) is 13.2. The third-order valence-electron chi connectivity index (χ3n) is 3.78. The second-order valence-electron chi connectivity index (χ2n) is 5.95. The van der Waals surface area contributed by atoms with Gasteiger partial charge in [-0.3, -0.25) is 0 Å². The first kappa shape index (κ1) is 21.6. The highest BCUT2D eigenvalue weighted by Gasteiger charge is 2.35. The van der Waals surface area contributed by atoms with Gasteiger partial charge in [-0.1, -0.05) is 6.92 Å². The molecule has 28 heavy (non-hydrogen) atoms. The van der Waals surface area contributed by atoms with Gasteiger partial charge >= 0.3 is 12.4 Å². The van der Waals surface area contributed by atoms with Crippen LogP contribution < -0.4 is 15.4 Å². The predicted molar refractivity (Wildman–Crippen MR) is 91.7 cm³/mol. The van der Waals surface area contributed by atoms with E-state index in [1.807, 2.05) is 6.92 Å². The highest BCUT2D eigenvalue weighted by molar-refractivity contribution is 5.61. The molecule has 1 heterocycles. The van der Waals surface area contributed by atoms with E-state index in [0.29, 0.717) is 12.5 Å². The fourth-order valence-corrected chi connectivity index (χ4v) is 2.20. The maximum atomic E-state index is 13.1. The van der Waals surface area contributed by atoms with Crippen molar-refractivity contribution >= 4 is 17.5 Å². The summed E-state index contributed by atoms with van der Waals surface area (Å²) < 4.78 is 83.4. The number of methoxy groups -OCH3 is 1. The minimum atomic E-state index is -4.75. The molecule has 0 unspecified atom stereocenters. The van der Waals surface area contributed by atoms with E-state index < -0.39 is 29.4 Å². The van der Waals surface area contributed by atoms with Crippen molar-refractivity contribution < 1.29 is 31.1 Å². The fraction of sp³-hybridized carbons (Fsp3) is 0.412. The van der Waals surface area contributed by atoms with Crippen LogP contribution in [-0.4, -0.2) is 23.1 Å². The second kappa shape index (κ2) is 8.11. The lowest BCUT2D eigenvalue weighted by Crippen LogP contribution is -2.18. The van der Waals surface area contributed by atoms with Crippen LogP contribution in [0, 0.1) is 0 Å². The van der Waals surface area contributed by atoms with Gasteiger partial charge in [0, 0.05) is 17.8 Å². The van der Waals surface area contributed by atoms with Crippen molar-refractivity contribution in [2.24, 2.45) is 0 Å². The molecule has 0 spiro atoms. The van der Waals surface area contributed by atoms with Gasteiger partial charge in [-0.2, -0.15) is 31.3 Å². The van der Waals surface area contributed by atoms with Crippen molar-refractivity contribution in [3.8, 4) is 5.75 Å². The zero-order valence-electron chi connectivity index (χ0n) is 15.2. The summed E-state index contributed by atoms with van der Waals surface area (Å²) in [5.41, 5.74) is -2.39. The Labute approximate surface area is 157 Å². The molecule has 2 rings (SSSR count). The Morgan fingerprint density at radius 1 is 1.04 bits per heavy atom. The van der Waals surface area contributed by atoms with E-state index in [0.717, 1.165) is 19.2 Å². The Balaban J connectivity index is 2.43. The van der Waals surface area contributed by atoms with Crippen LogP contribution in [0.5, 0.6) is 5.75 Å². The molecule has 2 N–H and O–H groups in total. The average molecular weight is 408 g/mol. The van der Waals surface area contributed by atoms with Gasteiger partial charge in [0.15, 0.2) is 5.69 Å². The maximum absolute atomic E-state index is 13.1. The molecule has 5 nitrogen and oxygen atoms in total. The van der Waals surface area contributed by atoms with Crippen molar-refractivity contribution in [2.45, 2.75) is 38.7 Å². The predicted octanol–water partition coefficient (Wildman–Crippen LogP) is 5.48. The molecule has 0 amide bonds. The van der Waals surface area contributed by atoms with E-state index >= 15 is 0 Å². The van der Waals surface area contributed by atoms with E-state index in [9.17, 15) is 26.3 Å². The van der Waals surface area contributed by atoms with Gasteiger partial charge in [0.25, 0.3) is 0 Å². The van der Waals surface area contributed by atoms with Crippen LogP contribution in [0.1, 0.15) is 31.5 Å². The molecule has 11 heteroatoms. The van der Waals surface area contributed by atoms with E-state index in [1.54, 1.807) is 6.92 Å². The molecule has 1 aromatic heterocycles. The van der Waals surface area contributed by atoms with Crippen LogP contribution in [0.25, 0.3) is 0 Å². The van der Waals surface area contributed by atoms with Crippen molar-refractivity contribution in [3.63, 3.8) is 0 Å². The molecule has 1 atom stereocenters. The average Bonchev–Trinajstić information content (AvgIpc) is 2.60. The summed E-state index contributed by atoms with van der Waals surface area (Å²) in [6.07, 6.45) is -8.84. The lowest BCUT2D eigenvalue weighted by Gasteiger charge is -2.17. The Kier molecular flexibility index (Phi) is 6.25. The van der Waals surface area contributed by atoms with Crippen molar-refractivity contribution in [3.05, 3.63) is 35.5 Å². The smallest absolute Gasteiger partial charge is 0.433 e. The number of nitrogens with zero attached hydrogens (tertiary/aromatic N) is 2. The van der Waals surface area contributed by atoms with Gasteiger partial charge in [-0.05, 0) is 31.5 Å². The Morgan fingerprint density at radius 2 is 1.71 bits per heavy atom. The van der Waals surface area contributed by atoms with Gasteiger partial charge < -0.3 is 15.4 Å². The Morgan fingerprint density at radius 3 is 2.25 bits per heavy atom. The summed E-state index contributed by atoms with van der Waals surface area (Å²) in [6, 6.07) is 3.46. The first-order chi connectivity index (χ1) is 12.9. The topological polar surface area (TPSA) is 59.1 Å². The van der Waals surface area contributed by atoms with Crippen LogP contribution >= 0.6 is 0 Å². The van der Waals surface area contributed by atoms with E-state index in [-0.39, 0.29) is 23.5 Å². The molecule has 2 aromatic rings. The lowest BCUT2D eigenvalue weighted by molar-refractivity contribution is -0.141. The molecule has 0 bridgehead atoms. The maximum Gasteiger partial charge on any atom is 0.433 e. The highest BCUT2D eigenvalue weighted by atomic mass is 19.4. The Hall–Kier alpha value is -2.72. The molecular weight excluding hydrogens is 390 g/mol. The van der Waals surface area contributed by atoms with E-state index in [2.05, 4.69) is 25.3 Å². The molecule has 0 aliphatic rings. The molecule has 0 saturated heterocycles. The van der Waals surface area contributed by atoms with Crippen LogP contribution in [0.4, 0.5) is 43.8 Å². The third kappa shape index (κ3) is 5.40. The number of halogens is 6. The number of rotatable bonds is 6. The molecule has 0 radical (unpaired) electrons. The number of aromatic nitrogens is 2. The molecule has 0 fully saturated rings. The van der Waals surface area contributed by atoms with Crippen LogP contribution in [0.2, 0.25) is 0 Å². The van der Waals surface area contributed by atoms with Crippen molar-refractivity contribution in [2.75, 3.05) is 17.7 Å². The molecule has 0 aliphatic carbocycles. The molecule has 1 aromatic carbocycles. The number of benzene rings is 1. The zero-order valence-corrected chi connectivity index (χ0v) is 15.2. The first-order valence-electron chi connectivity index (χ1n) is 8.19. The van der Waals surface area contributed by atoms with Crippen molar-refractivity contribution in [1.29, 1.82) is 0 Å². The van der Waals surface area contributed by atoms with Crippen LogP contribution in [0.15, 0.2) is 24.3 Å². The minimum absolute atomic E-state index is 0.102. The minimum Gasteiger partial charge on any atom is -0.496 e. The number of alkyl halides is 6. The van der Waals surface area contributed by atoms with Gasteiger partial charge in [0.2, 0.25) is 5.95 Å². The number of hydrogen-bond acceptors (Lipinski definition) is 5. The quantitative estimate of drug-likeness (QED) is 0.620. The highest BCUT2D eigenvalue weighted by Crippen LogP contribution is 2.38. The molecule has 0 aliphatic heterocycles. The Bertz CT molecular complexity index is 822.